The number of allylic oxidation sites excluding steroid dienone is 2. The Morgan fingerprint density at radius 1 is 1.31 bits per heavy atom. The molecule has 1 saturated carbocycles. The van der Waals surface area contributed by atoms with E-state index in [1.165, 1.54) is 12.7 Å². The first kappa shape index (κ1) is 16.9. The number of rotatable bonds is 7. The Bertz CT molecular complexity index is 727. The van der Waals surface area contributed by atoms with Crippen molar-refractivity contribution in [2.45, 2.75) is 38.3 Å². The molecule has 4 rings (SSSR count). The summed E-state index contributed by atoms with van der Waals surface area (Å²) in [7, 11) is 0. The zero-order valence-corrected chi connectivity index (χ0v) is 14.5. The highest BCUT2D eigenvalue weighted by molar-refractivity contribution is 6.04. The van der Waals surface area contributed by atoms with E-state index < -0.39 is 12.1 Å². The van der Waals surface area contributed by atoms with Crippen molar-refractivity contribution in [3.05, 3.63) is 36.3 Å². The lowest BCUT2D eigenvalue weighted by atomic mass is 9.93. The molecule has 1 aromatic rings. The van der Waals surface area contributed by atoms with Gasteiger partial charge in [-0.05, 0) is 49.1 Å². The van der Waals surface area contributed by atoms with Gasteiger partial charge in [-0.25, -0.2) is 4.79 Å². The molecule has 0 radical (unpaired) electrons. The van der Waals surface area contributed by atoms with E-state index in [-0.39, 0.29) is 24.8 Å². The molecule has 2 bridgehead atoms. The zero-order chi connectivity index (χ0) is 18.1. The summed E-state index contributed by atoms with van der Waals surface area (Å²) in [6.45, 7) is 0.804. The number of carbonyl (C=O) groups excluding carboxylic acids is 3. The number of hydrogen-bond acceptors (Lipinski definition) is 4. The van der Waals surface area contributed by atoms with E-state index in [0.717, 1.165) is 11.3 Å². The number of urea groups is 1. The summed E-state index contributed by atoms with van der Waals surface area (Å²) in [5, 5.41) is 5.63. The summed E-state index contributed by atoms with van der Waals surface area (Å²) < 4.78 is 5.18. The molecule has 3 aliphatic rings. The SMILES string of the molecule is O=C(CC[C@@H]1NC(=O)N(Cc2ccco2)C1=O)NCC1CC2C=CC1C2. The zero-order valence-electron chi connectivity index (χ0n) is 14.5. The lowest BCUT2D eigenvalue weighted by molar-refractivity contribution is -0.128. The quantitative estimate of drug-likeness (QED) is 0.575. The molecule has 2 fully saturated rings. The highest BCUT2D eigenvalue weighted by Crippen LogP contribution is 2.42. The van der Waals surface area contributed by atoms with Crippen LogP contribution in [-0.2, 0) is 16.1 Å². The minimum Gasteiger partial charge on any atom is -0.467 e. The first-order chi connectivity index (χ1) is 12.6. The molecule has 4 amide bonds. The predicted molar refractivity (Wildman–Crippen MR) is 92.7 cm³/mol. The van der Waals surface area contributed by atoms with E-state index >= 15 is 0 Å². The van der Waals surface area contributed by atoms with E-state index in [0.29, 0.717) is 36.5 Å². The van der Waals surface area contributed by atoms with Crippen LogP contribution in [0.1, 0.15) is 31.4 Å². The van der Waals surface area contributed by atoms with Crippen molar-refractivity contribution in [2.24, 2.45) is 17.8 Å². The fraction of sp³-hybridized carbons (Fsp3) is 0.526. The fourth-order valence-corrected chi connectivity index (χ4v) is 4.22. The second-order valence-corrected chi connectivity index (χ2v) is 7.39. The van der Waals surface area contributed by atoms with Gasteiger partial charge in [0, 0.05) is 13.0 Å². The first-order valence-corrected chi connectivity index (χ1v) is 9.19. The van der Waals surface area contributed by atoms with Crippen LogP contribution < -0.4 is 10.6 Å². The van der Waals surface area contributed by atoms with Crippen LogP contribution >= 0.6 is 0 Å². The number of nitrogens with zero attached hydrogens (tertiary/aromatic N) is 1. The number of hydrogen-bond donors (Lipinski definition) is 2. The maximum absolute atomic E-state index is 12.4. The third-order valence-corrected chi connectivity index (χ3v) is 5.64. The molecule has 2 heterocycles. The van der Waals surface area contributed by atoms with Crippen LogP contribution in [0.5, 0.6) is 0 Å². The molecule has 0 aromatic carbocycles. The lowest BCUT2D eigenvalue weighted by Gasteiger charge is -2.18. The largest absolute Gasteiger partial charge is 0.467 e. The Labute approximate surface area is 151 Å². The van der Waals surface area contributed by atoms with Gasteiger partial charge in [-0.1, -0.05) is 12.2 Å². The van der Waals surface area contributed by atoms with Crippen LogP contribution in [-0.4, -0.2) is 35.3 Å². The van der Waals surface area contributed by atoms with Crippen LogP contribution in [0.25, 0.3) is 0 Å². The van der Waals surface area contributed by atoms with Gasteiger partial charge < -0.3 is 15.1 Å². The van der Waals surface area contributed by atoms with Crippen LogP contribution in [0.3, 0.4) is 0 Å². The van der Waals surface area contributed by atoms with Crippen molar-refractivity contribution in [1.82, 2.24) is 15.5 Å². The molecule has 2 aliphatic carbocycles. The van der Waals surface area contributed by atoms with E-state index in [1.807, 2.05) is 0 Å². The number of amides is 4. The number of carbonyl (C=O) groups is 3. The Balaban J connectivity index is 1.21. The van der Waals surface area contributed by atoms with Gasteiger partial charge in [0.2, 0.25) is 5.91 Å². The van der Waals surface area contributed by atoms with Gasteiger partial charge in [-0.2, -0.15) is 0 Å². The molecule has 1 aromatic heterocycles. The summed E-state index contributed by atoms with van der Waals surface area (Å²) in [5.74, 6) is 2.00. The third kappa shape index (κ3) is 3.38. The minimum atomic E-state index is -0.645. The van der Waals surface area contributed by atoms with Gasteiger partial charge in [-0.15, -0.1) is 0 Å². The Kier molecular flexibility index (Phi) is 4.53. The van der Waals surface area contributed by atoms with Gasteiger partial charge in [0.1, 0.15) is 11.8 Å². The topological polar surface area (TPSA) is 91.7 Å². The van der Waals surface area contributed by atoms with E-state index in [2.05, 4.69) is 22.8 Å². The van der Waals surface area contributed by atoms with Crippen LogP contribution in [0.4, 0.5) is 4.79 Å². The molecular formula is C19H23N3O4. The maximum atomic E-state index is 12.4. The van der Waals surface area contributed by atoms with Crippen molar-refractivity contribution in [2.75, 3.05) is 6.54 Å². The second-order valence-electron chi connectivity index (χ2n) is 7.39. The van der Waals surface area contributed by atoms with Crippen molar-refractivity contribution in [3.63, 3.8) is 0 Å². The van der Waals surface area contributed by atoms with Crippen molar-refractivity contribution in [3.8, 4) is 0 Å². The summed E-state index contributed by atoms with van der Waals surface area (Å²) in [6.07, 6.45) is 8.96. The summed E-state index contributed by atoms with van der Waals surface area (Å²) in [4.78, 5) is 37.6. The smallest absolute Gasteiger partial charge is 0.325 e. The fourth-order valence-electron chi connectivity index (χ4n) is 4.22. The second kappa shape index (κ2) is 6.97. The van der Waals surface area contributed by atoms with E-state index in [9.17, 15) is 14.4 Å². The molecule has 2 N–H and O–H groups in total. The van der Waals surface area contributed by atoms with Crippen LogP contribution in [0.15, 0.2) is 35.0 Å². The van der Waals surface area contributed by atoms with E-state index in [1.54, 1.807) is 12.1 Å². The molecule has 4 atom stereocenters. The monoisotopic (exact) mass is 357 g/mol. The van der Waals surface area contributed by atoms with Crippen molar-refractivity contribution < 1.29 is 18.8 Å². The summed E-state index contributed by atoms with van der Waals surface area (Å²) in [5.41, 5.74) is 0. The Morgan fingerprint density at radius 2 is 2.19 bits per heavy atom. The highest BCUT2D eigenvalue weighted by atomic mass is 16.3. The molecule has 1 saturated heterocycles. The van der Waals surface area contributed by atoms with Gasteiger partial charge in [0.15, 0.2) is 0 Å². The number of nitrogens with one attached hydrogen (secondary N) is 2. The van der Waals surface area contributed by atoms with Crippen LogP contribution in [0, 0.1) is 17.8 Å². The summed E-state index contributed by atoms with van der Waals surface area (Å²) in [6, 6.07) is 2.34. The molecule has 26 heavy (non-hydrogen) atoms. The van der Waals surface area contributed by atoms with Gasteiger partial charge in [0.05, 0.1) is 12.8 Å². The Hall–Kier alpha value is -2.57. The summed E-state index contributed by atoms with van der Waals surface area (Å²) >= 11 is 0. The molecule has 1 aliphatic heterocycles. The molecule has 138 valence electrons. The van der Waals surface area contributed by atoms with Gasteiger partial charge >= 0.3 is 6.03 Å². The first-order valence-electron chi connectivity index (χ1n) is 9.19. The minimum absolute atomic E-state index is 0.0664. The molecule has 7 nitrogen and oxygen atoms in total. The standard InChI is InChI=1S/C19H23N3O4/c23-17(20-10-14-9-12-3-4-13(14)8-12)6-5-16-18(24)22(19(25)21-16)11-15-2-1-7-26-15/h1-4,7,12-14,16H,5-6,8-11H2,(H,20,23)(H,21,25)/t12?,13?,14?,16-/m0/s1. The average Bonchev–Trinajstić information content (AvgIpc) is 3.41. The molecule has 7 heteroatoms. The number of fused-ring (bicyclic) bond motifs is 2. The van der Waals surface area contributed by atoms with E-state index in [4.69, 9.17) is 4.42 Å². The normalized spacial score (nSPS) is 29.5. The number of furan rings is 1. The molecule has 3 unspecified atom stereocenters. The lowest BCUT2D eigenvalue weighted by Crippen LogP contribution is -2.34. The van der Waals surface area contributed by atoms with Crippen LogP contribution in [0.2, 0.25) is 0 Å². The van der Waals surface area contributed by atoms with Crippen molar-refractivity contribution in [1.29, 1.82) is 0 Å². The molecule has 0 spiro atoms. The average molecular weight is 357 g/mol. The maximum Gasteiger partial charge on any atom is 0.325 e. The highest BCUT2D eigenvalue weighted by Gasteiger charge is 2.38. The Morgan fingerprint density at radius 3 is 2.88 bits per heavy atom. The predicted octanol–water partition coefficient (Wildman–Crippen LogP) is 1.81. The number of imide groups is 1. The molecular weight excluding hydrogens is 334 g/mol. The third-order valence-electron chi connectivity index (χ3n) is 5.64. The van der Waals surface area contributed by atoms with Crippen molar-refractivity contribution >= 4 is 17.8 Å². The van der Waals surface area contributed by atoms with Gasteiger partial charge in [-0.3, -0.25) is 14.5 Å². The van der Waals surface area contributed by atoms with Gasteiger partial charge in [0.25, 0.3) is 5.91 Å².